The minimum absolute atomic E-state index is 0.0543. The predicted octanol–water partition coefficient (Wildman–Crippen LogP) is 3.18. The summed E-state index contributed by atoms with van der Waals surface area (Å²) in [5.74, 6) is 0.103. The number of carbonyl (C=O) groups is 3. The molecule has 136 valence electrons. The Morgan fingerprint density at radius 2 is 1.92 bits per heavy atom. The smallest absolute Gasteiger partial charge is 0.261 e. The van der Waals surface area contributed by atoms with Crippen molar-refractivity contribution in [2.75, 3.05) is 13.6 Å². The Labute approximate surface area is 152 Å². The molecule has 2 heterocycles. The molecule has 0 spiro atoms. The summed E-state index contributed by atoms with van der Waals surface area (Å²) < 4.78 is 5.33. The van der Waals surface area contributed by atoms with E-state index in [9.17, 15) is 14.4 Å². The highest BCUT2D eigenvalue weighted by molar-refractivity contribution is 6.21. The predicted molar refractivity (Wildman–Crippen MR) is 95.7 cm³/mol. The summed E-state index contributed by atoms with van der Waals surface area (Å²) in [4.78, 5) is 40.0. The van der Waals surface area contributed by atoms with E-state index in [0.29, 0.717) is 17.5 Å². The molecule has 6 nitrogen and oxygen atoms in total. The fourth-order valence-electron chi connectivity index (χ4n) is 3.11. The number of imide groups is 1. The topological polar surface area (TPSA) is 70.8 Å². The van der Waals surface area contributed by atoms with Crippen molar-refractivity contribution in [3.8, 4) is 0 Å². The molecule has 3 rings (SSSR count). The number of fused-ring (bicyclic) bond motifs is 1. The van der Waals surface area contributed by atoms with Crippen LogP contribution in [0.5, 0.6) is 0 Å². The van der Waals surface area contributed by atoms with Gasteiger partial charge in [0.15, 0.2) is 0 Å². The molecule has 3 amide bonds. The number of carbonyl (C=O) groups excluding carboxylic acids is 3. The van der Waals surface area contributed by atoms with Gasteiger partial charge >= 0.3 is 0 Å². The molecule has 0 aliphatic carbocycles. The second-order valence-electron chi connectivity index (χ2n) is 6.61. The van der Waals surface area contributed by atoms with Gasteiger partial charge in [-0.05, 0) is 44.5 Å². The number of hydrogen-bond acceptors (Lipinski definition) is 4. The summed E-state index contributed by atoms with van der Waals surface area (Å²) in [5, 5.41) is 0. The van der Waals surface area contributed by atoms with Gasteiger partial charge in [-0.3, -0.25) is 19.3 Å². The standard InChI is InChI=1S/C20H22N2O4/c1-13-8-9-15-16(12-13)20(25)22(19(15)24)10-4-7-18(23)21(3)14(2)17-6-5-11-26-17/h5-6,8-9,11-12,14H,4,7,10H2,1-3H3. The van der Waals surface area contributed by atoms with E-state index in [-0.39, 0.29) is 36.7 Å². The van der Waals surface area contributed by atoms with E-state index in [1.807, 2.05) is 26.0 Å². The van der Waals surface area contributed by atoms with E-state index in [2.05, 4.69) is 0 Å². The summed E-state index contributed by atoms with van der Waals surface area (Å²) in [6, 6.07) is 8.69. The Morgan fingerprint density at radius 1 is 1.19 bits per heavy atom. The number of benzene rings is 1. The van der Waals surface area contributed by atoms with E-state index in [1.165, 1.54) is 4.90 Å². The Balaban J connectivity index is 1.56. The first kappa shape index (κ1) is 17.9. The van der Waals surface area contributed by atoms with Crippen LogP contribution in [0.1, 0.15) is 57.8 Å². The van der Waals surface area contributed by atoms with Crippen molar-refractivity contribution in [2.45, 2.75) is 32.7 Å². The average Bonchev–Trinajstić information content (AvgIpc) is 3.23. The molecule has 1 aliphatic rings. The Kier molecular flexibility index (Phi) is 4.93. The lowest BCUT2D eigenvalue weighted by atomic mass is 10.1. The summed E-state index contributed by atoms with van der Waals surface area (Å²) in [7, 11) is 1.72. The SMILES string of the molecule is Cc1ccc2c(c1)C(=O)N(CCCC(=O)N(C)C(C)c1ccco1)C2=O. The second-order valence-corrected chi connectivity index (χ2v) is 6.61. The zero-order chi connectivity index (χ0) is 18.8. The normalized spacial score (nSPS) is 14.5. The monoisotopic (exact) mass is 354 g/mol. The fourth-order valence-corrected chi connectivity index (χ4v) is 3.11. The first-order chi connectivity index (χ1) is 12.4. The molecule has 6 heteroatoms. The Hall–Kier alpha value is -2.89. The summed E-state index contributed by atoms with van der Waals surface area (Å²) in [6.45, 7) is 4.01. The second kappa shape index (κ2) is 7.15. The lowest BCUT2D eigenvalue weighted by Crippen LogP contribution is -2.33. The van der Waals surface area contributed by atoms with Crippen LogP contribution < -0.4 is 0 Å². The maximum atomic E-state index is 12.4. The van der Waals surface area contributed by atoms with E-state index in [1.54, 1.807) is 36.4 Å². The molecule has 1 aliphatic heterocycles. The first-order valence-electron chi connectivity index (χ1n) is 8.66. The van der Waals surface area contributed by atoms with Gasteiger partial charge in [0.2, 0.25) is 5.91 Å². The minimum Gasteiger partial charge on any atom is -0.467 e. The number of amides is 3. The van der Waals surface area contributed by atoms with Crippen LogP contribution in [-0.2, 0) is 4.79 Å². The highest BCUT2D eigenvalue weighted by atomic mass is 16.3. The molecule has 0 saturated heterocycles. The fraction of sp³-hybridized carbons (Fsp3) is 0.350. The third kappa shape index (κ3) is 3.27. The van der Waals surface area contributed by atoms with Gasteiger partial charge in [0, 0.05) is 20.0 Å². The average molecular weight is 354 g/mol. The van der Waals surface area contributed by atoms with Crippen LogP contribution in [0.2, 0.25) is 0 Å². The molecular weight excluding hydrogens is 332 g/mol. The molecule has 26 heavy (non-hydrogen) atoms. The van der Waals surface area contributed by atoms with Crippen LogP contribution in [0.4, 0.5) is 0 Å². The first-order valence-corrected chi connectivity index (χ1v) is 8.66. The molecule has 0 N–H and O–H groups in total. The zero-order valence-corrected chi connectivity index (χ0v) is 15.2. The summed E-state index contributed by atoms with van der Waals surface area (Å²) >= 11 is 0. The minimum atomic E-state index is -0.283. The van der Waals surface area contributed by atoms with Gasteiger partial charge in [0.05, 0.1) is 23.4 Å². The van der Waals surface area contributed by atoms with Gasteiger partial charge in [-0.1, -0.05) is 11.6 Å². The summed E-state index contributed by atoms with van der Waals surface area (Å²) in [6.07, 6.45) is 2.26. The van der Waals surface area contributed by atoms with Crippen molar-refractivity contribution in [3.63, 3.8) is 0 Å². The molecule has 1 atom stereocenters. The van der Waals surface area contributed by atoms with E-state index >= 15 is 0 Å². The van der Waals surface area contributed by atoms with Crippen molar-refractivity contribution < 1.29 is 18.8 Å². The van der Waals surface area contributed by atoms with Gasteiger partial charge in [-0.2, -0.15) is 0 Å². The summed E-state index contributed by atoms with van der Waals surface area (Å²) in [5.41, 5.74) is 1.83. The number of nitrogens with zero attached hydrogens (tertiary/aromatic N) is 2. The number of furan rings is 1. The maximum absolute atomic E-state index is 12.4. The van der Waals surface area contributed by atoms with Crippen molar-refractivity contribution >= 4 is 17.7 Å². The van der Waals surface area contributed by atoms with Gasteiger partial charge < -0.3 is 9.32 Å². The number of rotatable bonds is 6. The van der Waals surface area contributed by atoms with Crippen LogP contribution in [-0.4, -0.2) is 41.1 Å². The molecule has 0 bridgehead atoms. The molecule has 1 aromatic carbocycles. The molecule has 0 saturated carbocycles. The maximum Gasteiger partial charge on any atom is 0.261 e. The quantitative estimate of drug-likeness (QED) is 0.747. The zero-order valence-electron chi connectivity index (χ0n) is 15.2. The largest absolute Gasteiger partial charge is 0.467 e. The Morgan fingerprint density at radius 3 is 2.62 bits per heavy atom. The molecule has 0 radical (unpaired) electrons. The van der Waals surface area contributed by atoms with Gasteiger partial charge in [-0.15, -0.1) is 0 Å². The van der Waals surface area contributed by atoms with E-state index < -0.39 is 0 Å². The molecule has 2 aromatic rings. The molecule has 0 fully saturated rings. The molecule has 1 unspecified atom stereocenters. The Bertz CT molecular complexity index is 842. The number of aryl methyl sites for hydroxylation is 1. The van der Waals surface area contributed by atoms with Crippen LogP contribution in [0.15, 0.2) is 41.0 Å². The number of hydrogen-bond donors (Lipinski definition) is 0. The third-order valence-corrected chi connectivity index (χ3v) is 4.83. The van der Waals surface area contributed by atoms with E-state index in [0.717, 1.165) is 11.3 Å². The van der Waals surface area contributed by atoms with Crippen molar-refractivity contribution in [1.82, 2.24) is 9.80 Å². The lowest BCUT2D eigenvalue weighted by molar-refractivity contribution is -0.132. The van der Waals surface area contributed by atoms with Crippen LogP contribution in [0.3, 0.4) is 0 Å². The van der Waals surface area contributed by atoms with Crippen molar-refractivity contribution in [3.05, 3.63) is 59.0 Å². The van der Waals surface area contributed by atoms with E-state index in [4.69, 9.17) is 4.42 Å². The molecular formula is C20H22N2O4. The van der Waals surface area contributed by atoms with Gasteiger partial charge in [0.25, 0.3) is 11.8 Å². The third-order valence-electron chi connectivity index (χ3n) is 4.83. The van der Waals surface area contributed by atoms with Crippen molar-refractivity contribution in [1.29, 1.82) is 0 Å². The van der Waals surface area contributed by atoms with Crippen molar-refractivity contribution in [2.24, 2.45) is 0 Å². The lowest BCUT2D eigenvalue weighted by Gasteiger charge is -2.23. The van der Waals surface area contributed by atoms with Crippen LogP contribution >= 0.6 is 0 Å². The van der Waals surface area contributed by atoms with Gasteiger partial charge in [-0.25, -0.2) is 0 Å². The highest BCUT2D eigenvalue weighted by Crippen LogP contribution is 2.24. The van der Waals surface area contributed by atoms with Gasteiger partial charge in [0.1, 0.15) is 5.76 Å². The highest BCUT2D eigenvalue weighted by Gasteiger charge is 2.35. The van der Waals surface area contributed by atoms with Crippen LogP contribution in [0.25, 0.3) is 0 Å². The van der Waals surface area contributed by atoms with Crippen LogP contribution in [0, 0.1) is 6.92 Å². The molecule has 1 aromatic heterocycles.